The molecule has 1 aliphatic heterocycles. The first-order chi connectivity index (χ1) is 12.2. The number of hydrogen-bond donors (Lipinski definition) is 1. The van der Waals surface area contributed by atoms with Crippen LogP contribution < -0.4 is 4.90 Å². The van der Waals surface area contributed by atoms with Gasteiger partial charge in [-0.15, -0.1) is 0 Å². The summed E-state index contributed by atoms with van der Waals surface area (Å²) in [4.78, 5) is 10.3. The minimum Gasteiger partial charge on any atom is -0.388 e. The zero-order valence-electron chi connectivity index (χ0n) is 14.7. The normalized spacial score (nSPS) is 19.5. The van der Waals surface area contributed by atoms with E-state index in [0.717, 1.165) is 37.8 Å². The summed E-state index contributed by atoms with van der Waals surface area (Å²) in [6, 6.07) is 9.75. The maximum Gasteiger partial charge on any atom is 0.187 e. The van der Waals surface area contributed by atoms with E-state index in [1.165, 1.54) is 6.33 Å². The number of aliphatic hydroxyl groups is 1. The van der Waals surface area contributed by atoms with Crippen LogP contribution in [0, 0.1) is 5.82 Å². The maximum atomic E-state index is 14.8. The van der Waals surface area contributed by atoms with Gasteiger partial charge in [-0.25, -0.2) is 14.4 Å². The van der Waals surface area contributed by atoms with Crippen LogP contribution in [-0.2, 0) is 6.42 Å². The largest absolute Gasteiger partial charge is 0.388 e. The van der Waals surface area contributed by atoms with Gasteiger partial charge in [-0.3, -0.25) is 0 Å². The number of anilines is 1. The standard InChI is InChI=1S/C20H26FN3O/c1-2-17-19(21)20(23-14-22-17)24-12-8-4-7-11-16(24)13-18(25)15-9-5-3-6-10-15/h3,5-6,9-10,14,16,18,25H,2,4,7-8,11-13H2,1H3. The van der Waals surface area contributed by atoms with Gasteiger partial charge in [-0.05, 0) is 31.2 Å². The van der Waals surface area contributed by atoms with Crippen molar-refractivity contribution in [2.24, 2.45) is 0 Å². The second-order valence-corrected chi connectivity index (χ2v) is 6.67. The number of nitrogens with zero attached hydrogens (tertiary/aromatic N) is 3. The molecule has 0 bridgehead atoms. The van der Waals surface area contributed by atoms with Gasteiger partial charge in [0.15, 0.2) is 11.6 Å². The molecule has 4 nitrogen and oxygen atoms in total. The summed E-state index contributed by atoms with van der Waals surface area (Å²) in [6.07, 6.45) is 6.20. The summed E-state index contributed by atoms with van der Waals surface area (Å²) in [7, 11) is 0. The fourth-order valence-corrected chi connectivity index (χ4v) is 3.61. The van der Waals surface area contributed by atoms with Gasteiger partial charge in [0.2, 0.25) is 0 Å². The van der Waals surface area contributed by atoms with Gasteiger partial charge in [-0.1, -0.05) is 50.1 Å². The molecule has 1 saturated heterocycles. The number of rotatable bonds is 5. The Labute approximate surface area is 148 Å². The number of aliphatic hydroxyl groups excluding tert-OH is 1. The molecule has 0 radical (unpaired) electrons. The summed E-state index contributed by atoms with van der Waals surface area (Å²) >= 11 is 0. The number of aryl methyl sites for hydroxylation is 1. The molecule has 25 heavy (non-hydrogen) atoms. The Hall–Kier alpha value is -2.01. The van der Waals surface area contributed by atoms with Crippen LogP contribution in [0.1, 0.15) is 56.4 Å². The molecule has 1 aromatic heterocycles. The average Bonchev–Trinajstić information content (AvgIpc) is 2.88. The van der Waals surface area contributed by atoms with Crippen LogP contribution >= 0.6 is 0 Å². The number of hydrogen-bond acceptors (Lipinski definition) is 4. The zero-order valence-corrected chi connectivity index (χ0v) is 14.7. The van der Waals surface area contributed by atoms with Crippen molar-refractivity contribution in [3.8, 4) is 0 Å². The SMILES string of the molecule is CCc1ncnc(N2CCCCCC2CC(O)c2ccccc2)c1F. The molecule has 0 aliphatic carbocycles. The van der Waals surface area contributed by atoms with Gasteiger partial charge >= 0.3 is 0 Å². The highest BCUT2D eigenvalue weighted by atomic mass is 19.1. The van der Waals surface area contributed by atoms with Gasteiger partial charge in [0.1, 0.15) is 6.33 Å². The van der Waals surface area contributed by atoms with Crippen LogP contribution in [0.15, 0.2) is 36.7 Å². The van der Waals surface area contributed by atoms with Crippen molar-refractivity contribution in [3.05, 3.63) is 53.7 Å². The third-order valence-corrected chi connectivity index (χ3v) is 5.01. The predicted octanol–water partition coefficient (Wildman–Crippen LogP) is 4.05. The lowest BCUT2D eigenvalue weighted by Gasteiger charge is -2.33. The van der Waals surface area contributed by atoms with E-state index >= 15 is 0 Å². The molecule has 0 saturated carbocycles. The highest BCUT2D eigenvalue weighted by molar-refractivity contribution is 5.42. The fraction of sp³-hybridized carbons (Fsp3) is 0.500. The van der Waals surface area contributed by atoms with Crippen LogP contribution in [0.3, 0.4) is 0 Å². The smallest absolute Gasteiger partial charge is 0.187 e. The van der Waals surface area contributed by atoms with E-state index in [4.69, 9.17) is 0 Å². The van der Waals surface area contributed by atoms with Gasteiger partial charge < -0.3 is 10.0 Å². The Kier molecular flexibility index (Phi) is 5.97. The van der Waals surface area contributed by atoms with Crippen molar-refractivity contribution < 1.29 is 9.50 Å². The van der Waals surface area contributed by atoms with Gasteiger partial charge in [0, 0.05) is 12.6 Å². The molecule has 2 aromatic rings. The lowest BCUT2D eigenvalue weighted by Crippen LogP contribution is -2.37. The summed E-state index contributed by atoms with van der Waals surface area (Å²) in [5, 5.41) is 10.6. The summed E-state index contributed by atoms with van der Waals surface area (Å²) in [5.74, 6) is 0.0742. The minimum atomic E-state index is -0.553. The Morgan fingerprint density at radius 3 is 2.76 bits per heavy atom. The Morgan fingerprint density at radius 1 is 1.20 bits per heavy atom. The first kappa shape index (κ1) is 17.8. The van der Waals surface area contributed by atoms with Crippen molar-refractivity contribution in [1.29, 1.82) is 0 Å². The van der Waals surface area contributed by atoms with E-state index in [0.29, 0.717) is 24.4 Å². The van der Waals surface area contributed by atoms with Crippen molar-refractivity contribution in [3.63, 3.8) is 0 Å². The average molecular weight is 343 g/mol. The van der Waals surface area contributed by atoms with Crippen LogP contribution in [0.5, 0.6) is 0 Å². The lowest BCUT2D eigenvalue weighted by molar-refractivity contribution is 0.155. The van der Waals surface area contributed by atoms with Crippen LogP contribution in [-0.4, -0.2) is 27.7 Å². The number of aromatic nitrogens is 2. The van der Waals surface area contributed by atoms with Gasteiger partial charge in [-0.2, -0.15) is 0 Å². The number of halogens is 1. The first-order valence-corrected chi connectivity index (χ1v) is 9.19. The highest BCUT2D eigenvalue weighted by Gasteiger charge is 2.28. The van der Waals surface area contributed by atoms with Gasteiger partial charge in [0.05, 0.1) is 11.8 Å². The zero-order chi connectivity index (χ0) is 17.6. The molecule has 1 fully saturated rings. The van der Waals surface area contributed by atoms with E-state index < -0.39 is 6.10 Å². The van der Waals surface area contributed by atoms with Crippen LogP contribution in [0.25, 0.3) is 0 Å². The third kappa shape index (κ3) is 4.15. The molecule has 5 heteroatoms. The summed E-state index contributed by atoms with van der Waals surface area (Å²) < 4.78 is 14.8. The van der Waals surface area contributed by atoms with E-state index in [1.54, 1.807) is 0 Å². The van der Waals surface area contributed by atoms with Gasteiger partial charge in [0.25, 0.3) is 0 Å². The quantitative estimate of drug-likeness (QED) is 0.890. The first-order valence-electron chi connectivity index (χ1n) is 9.19. The van der Waals surface area contributed by atoms with E-state index in [2.05, 4.69) is 14.9 Å². The van der Waals surface area contributed by atoms with E-state index in [9.17, 15) is 9.50 Å². The van der Waals surface area contributed by atoms with Crippen LogP contribution in [0.4, 0.5) is 10.2 Å². The molecule has 1 N–H and O–H groups in total. The second kappa shape index (κ2) is 8.39. The van der Waals surface area contributed by atoms with Crippen molar-refractivity contribution >= 4 is 5.82 Å². The molecular formula is C20H26FN3O. The third-order valence-electron chi connectivity index (χ3n) is 5.01. The molecule has 134 valence electrons. The van der Waals surface area contributed by atoms with E-state index in [1.807, 2.05) is 37.3 Å². The topological polar surface area (TPSA) is 49.2 Å². The Morgan fingerprint density at radius 2 is 2.00 bits per heavy atom. The highest BCUT2D eigenvalue weighted by Crippen LogP contribution is 2.31. The van der Waals surface area contributed by atoms with E-state index in [-0.39, 0.29) is 11.9 Å². The van der Waals surface area contributed by atoms with Crippen molar-refractivity contribution in [2.75, 3.05) is 11.4 Å². The molecule has 1 aliphatic rings. The molecule has 1 aromatic carbocycles. The number of benzene rings is 1. The molecular weight excluding hydrogens is 317 g/mol. The molecule has 2 atom stereocenters. The molecule has 0 amide bonds. The van der Waals surface area contributed by atoms with Crippen LogP contribution in [0.2, 0.25) is 0 Å². The molecule has 2 heterocycles. The monoisotopic (exact) mass is 343 g/mol. The second-order valence-electron chi connectivity index (χ2n) is 6.67. The Bertz CT molecular complexity index is 680. The summed E-state index contributed by atoms with van der Waals surface area (Å²) in [5.41, 5.74) is 1.36. The summed E-state index contributed by atoms with van der Waals surface area (Å²) in [6.45, 7) is 2.66. The van der Waals surface area contributed by atoms with Crippen molar-refractivity contribution in [1.82, 2.24) is 9.97 Å². The Balaban J connectivity index is 1.85. The molecule has 2 unspecified atom stereocenters. The molecule has 3 rings (SSSR count). The maximum absolute atomic E-state index is 14.8. The van der Waals surface area contributed by atoms with Crippen molar-refractivity contribution in [2.45, 2.75) is 57.6 Å². The molecule has 0 spiro atoms. The lowest BCUT2D eigenvalue weighted by atomic mass is 9.98. The predicted molar refractivity (Wildman–Crippen MR) is 97.0 cm³/mol. The fourth-order valence-electron chi connectivity index (χ4n) is 3.61. The minimum absolute atomic E-state index is 0.0758.